The normalized spacial score (nSPS) is 25.0. The summed E-state index contributed by atoms with van der Waals surface area (Å²) >= 11 is 0. The van der Waals surface area contributed by atoms with Gasteiger partial charge < -0.3 is 5.11 Å². The number of amides is 1. The average molecular weight is 294 g/mol. The quantitative estimate of drug-likeness (QED) is 0.833. The zero-order chi connectivity index (χ0) is 15.1. The van der Waals surface area contributed by atoms with E-state index in [9.17, 15) is 9.90 Å². The molecule has 0 heterocycles. The molecular weight excluding hydrogens is 276 g/mol. The van der Waals surface area contributed by atoms with Crippen molar-refractivity contribution in [2.45, 2.75) is 25.7 Å². The fourth-order valence-corrected chi connectivity index (χ4v) is 3.84. The van der Waals surface area contributed by atoms with E-state index in [-0.39, 0.29) is 11.7 Å². The molecule has 2 atom stereocenters. The van der Waals surface area contributed by atoms with Crippen LogP contribution in [0.1, 0.15) is 36.0 Å². The number of phenolic OH excluding ortho intramolecular Hbond substituents is 1. The van der Waals surface area contributed by atoms with Crippen LogP contribution in [0.2, 0.25) is 0 Å². The van der Waals surface area contributed by atoms with E-state index in [0.29, 0.717) is 11.5 Å². The number of fused-ring (bicyclic) bond motifs is 3. The minimum atomic E-state index is -0.343. The molecule has 0 aliphatic heterocycles. The Morgan fingerprint density at radius 2 is 2.05 bits per heavy atom. The van der Waals surface area contributed by atoms with Gasteiger partial charge in [0.1, 0.15) is 5.75 Å². The maximum absolute atomic E-state index is 12.5. The number of benzene rings is 2. The van der Waals surface area contributed by atoms with Crippen LogP contribution in [-0.4, -0.2) is 16.7 Å². The van der Waals surface area contributed by atoms with Gasteiger partial charge in [0.25, 0.3) is 5.91 Å². The second-order valence-electron chi connectivity index (χ2n) is 6.31. The summed E-state index contributed by atoms with van der Waals surface area (Å²) in [4.78, 5) is 12.5. The Hall–Kier alpha value is -2.36. The van der Waals surface area contributed by atoms with Crippen molar-refractivity contribution in [3.05, 3.63) is 42.0 Å². The Morgan fingerprint density at radius 1 is 1.18 bits per heavy atom. The molecule has 22 heavy (non-hydrogen) atoms. The molecule has 2 aliphatic rings. The highest BCUT2D eigenvalue weighted by atomic mass is 16.3. The summed E-state index contributed by atoms with van der Waals surface area (Å²) in [6.07, 6.45) is 4.71. The Balaban J connectivity index is 1.63. The number of hydrazone groups is 1. The molecule has 2 aliphatic carbocycles. The monoisotopic (exact) mass is 294 g/mol. The van der Waals surface area contributed by atoms with Gasteiger partial charge in [-0.25, -0.2) is 5.43 Å². The lowest BCUT2D eigenvalue weighted by atomic mass is 9.99. The summed E-state index contributed by atoms with van der Waals surface area (Å²) in [7, 11) is 0. The van der Waals surface area contributed by atoms with Crippen LogP contribution < -0.4 is 5.43 Å². The molecule has 4 rings (SSSR count). The molecular formula is C18H18N2O2. The van der Waals surface area contributed by atoms with Crippen molar-refractivity contribution in [1.29, 1.82) is 0 Å². The van der Waals surface area contributed by atoms with Gasteiger partial charge in [0.15, 0.2) is 0 Å². The molecule has 4 nitrogen and oxygen atoms in total. The minimum absolute atomic E-state index is 0.00987. The lowest BCUT2D eigenvalue weighted by Gasteiger charge is -2.12. The van der Waals surface area contributed by atoms with E-state index >= 15 is 0 Å². The average Bonchev–Trinajstić information content (AvgIpc) is 3.15. The third-order valence-electron chi connectivity index (χ3n) is 4.95. The maximum atomic E-state index is 12.5. The Labute approximate surface area is 128 Å². The van der Waals surface area contributed by atoms with Crippen molar-refractivity contribution < 1.29 is 9.90 Å². The molecule has 2 N–H and O–H groups in total. The summed E-state index contributed by atoms with van der Waals surface area (Å²) in [5.74, 6) is 0.951. The predicted octanol–water partition coefficient (Wildman–Crippen LogP) is 3.45. The topological polar surface area (TPSA) is 61.7 Å². The van der Waals surface area contributed by atoms with Gasteiger partial charge in [-0.05, 0) is 54.4 Å². The second kappa shape index (κ2) is 5.13. The number of phenols is 1. The molecule has 2 aromatic rings. The largest absolute Gasteiger partial charge is 0.507 e. The molecule has 2 bridgehead atoms. The van der Waals surface area contributed by atoms with Gasteiger partial charge in [0.2, 0.25) is 0 Å². The van der Waals surface area contributed by atoms with Gasteiger partial charge in [-0.1, -0.05) is 30.3 Å². The lowest BCUT2D eigenvalue weighted by molar-refractivity contribution is 0.0953. The third kappa shape index (κ3) is 2.15. The number of carbonyl (C=O) groups is 1. The highest BCUT2D eigenvalue weighted by molar-refractivity contribution is 6.09. The van der Waals surface area contributed by atoms with E-state index < -0.39 is 0 Å². The van der Waals surface area contributed by atoms with E-state index in [4.69, 9.17) is 0 Å². The predicted molar refractivity (Wildman–Crippen MR) is 86.0 cm³/mol. The Bertz CT molecular complexity index is 782. The van der Waals surface area contributed by atoms with Crippen molar-refractivity contribution in [2.24, 2.45) is 16.9 Å². The first-order valence-corrected chi connectivity index (χ1v) is 7.80. The SMILES string of the molecule is O=C(N/N=C1\C[C@@H]2CC[C@@H]1C2)c1c(O)ccc2ccccc12. The third-order valence-corrected chi connectivity index (χ3v) is 4.95. The molecule has 4 heteroatoms. The van der Waals surface area contributed by atoms with E-state index in [0.717, 1.165) is 28.8 Å². The number of hydrogen-bond donors (Lipinski definition) is 2. The van der Waals surface area contributed by atoms with E-state index in [1.807, 2.05) is 30.3 Å². The van der Waals surface area contributed by atoms with Crippen LogP contribution in [0.5, 0.6) is 5.75 Å². The van der Waals surface area contributed by atoms with Crippen LogP contribution in [0, 0.1) is 11.8 Å². The Kier molecular flexibility index (Phi) is 3.10. The van der Waals surface area contributed by atoms with Crippen LogP contribution in [-0.2, 0) is 0 Å². The van der Waals surface area contributed by atoms with E-state index in [2.05, 4.69) is 10.5 Å². The number of carbonyl (C=O) groups excluding carboxylic acids is 1. The first kappa shape index (κ1) is 13.3. The van der Waals surface area contributed by atoms with Gasteiger partial charge in [0.05, 0.1) is 5.56 Å². The van der Waals surface area contributed by atoms with Crippen molar-refractivity contribution in [2.75, 3.05) is 0 Å². The fraction of sp³-hybridized carbons (Fsp3) is 0.333. The maximum Gasteiger partial charge on any atom is 0.275 e. The smallest absolute Gasteiger partial charge is 0.275 e. The van der Waals surface area contributed by atoms with Crippen molar-refractivity contribution in [3.8, 4) is 5.75 Å². The van der Waals surface area contributed by atoms with E-state index in [1.54, 1.807) is 6.07 Å². The molecule has 112 valence electrons. The van der Waals surface area contributed by atoms with Gasteiger partial charge >= 0.3 is 0 Å². The van der Waals surface area contributed by atoms with Crippen molar-refractivity contribution in [1.82, 2.24) is 5.43 Å². The van der Waals surface area contributed by atoms with Crippen molar-refractivity contribution in [3.63, 3.8) is 0 Å². The number of aromatic hydroxyl groups is 1. The molecule has 0 spiro atoms. The molecule has 2 aromatic carbocycles. The van der Waals surface area contributed by atoms with E-state index in [1.165, 1.54) is 19.3 Å². The van der Waals surface area contributed by atoms with Gasteiger partial charge in [-0.3, -0.25) is 4.79 Å². The molecule has 2 fully saturated rings. The minimum Gasteiger partial charge on any atom is -0.507 e. The molecule has 0 unspecified atom stereocenters. The second-order valence-corrected chi connectivity index (χ2v) is 6.31. The van der Waals surface area contributed by atoms with Crippen LogP contribution in [0.15, 0.2) is 41.5 Å². The molecule has 0 aromatic heterocycles. The van der Waals surface area contributed by atoms with Crippen LogP contribution in [0.25, 0.3) is 10.8 Å². The number of nitrogens with one attached hydrogen (secondary N) is 1. The van der Waals surface area contributed by atoms with Crippen LogP contribution >= 0.6 is 0 Å². The number of nitrogens with zero attached hydrogens (tertiary/aromatic N) is 1. The lowest BCUT2D eigenvalue weighted by Crippen LogP contribution is -2.22. The molecule has 0 radical (unpaired) electrons. The summed E-state index contributed by atoms with van der Waals surface area (Å²) in [6.45, 7) is 0. The first-order chi connectivity index (χ1) is 10.7. The van der Waals surface area contributed by atoms with Gasteiger partial charge in [0, 0.05) is 5.71 Å². The van der Waals surface area contributed by atoms with Gasteiger partial charge in [-0.2, -0.15) is 5.10 Å². The summed E-state index contributed by atoms with van der Waals surface area (Å²) < 4.78 is 0. The fourth-order valence-electron chi connectivity index (χ4n) is 3.84. The summed E-state index contributed by atoms with van der Waals surface area (Å²) in [5.41, 5.74) is 4.06. The van der Waals surface area contributed by atoms with Crippen molar-refractivity contribution >= 4 is 22.4 Å². The summed E-state index contributed by atoms with van der Waals surface area (Å²) in [6, 6.07) is 10.9. The van der Waals surface area contributed by atoms with Gasteiger partial charge in [-0.15, -0.1) is 0 Å². The van der Waals surface area contributed by atoms with Crippen LogP contribution in [0.4, 0.5) is 0 Å². The highest BCUT2D eigenvalue weighted by Crippen LogP contribution is 2.42. The Morgan fingerprint density at radius 3 is 2.82 bits per heavy atom. The number of hydrogen-bond acceptors (Lipinski definition) is 3. The zero-order valence-electron chi connectivity index (χ0n) is 12.2. The highest BCUT2D eigenvalue weighted by Gasteiger charge is 2.36. The number of rotatable bonds is 2. The van der Waals surface area contributed by atoms with Crippen LogP contribution in [0.3, 0.4) is 0 Å². The zero-order valence-corrected chi connectivity index (χ0v) is 12.2. The summed E-state index contributed by atoms with van der Waals surface area (Å²) in [5, 5.41) is 16.1. The molecule has 2 saturated carbocycles. The molecule has 0 saturated heterocycles. The first-order valence-electron chi connectivity index (χ1n) is 7.80. The standard InChI is InChI=1S/C18H18N2O2/c21-16-8-7-12-3-1-2-4-14(12)17(16)18(22)20-19-15-10-11-5-6-13(15)9-11/h1-4,7-8,11,13,21H,5-6,9-10H2,(H,20,22)/b19-15+/t11-,13-/m1/s1. The molecule has 1 amide bonds.